The van der Waals surface area contributed by atoms with E-state index in [4.69, 9.17) is 4.74 Å². The van der Waals surface area contributed by atoms with Crippen molar-refractivity contribution in [2.75, 3.05) is 36.5 Å². The Morgan fingerprint density at radius 2 is 2.12 bits per heavy atom. The lowest BCUT2D eigenvalue weighted by atomic mass is 10.1. The molecule has 2 amide bonds. The predicted molar refractivity (Wildman–Crippen MR) is 102 cm³/mol. The van der Waals surface area contributed by atoms with Crippen molar-refractivity contribution in [2.45, 2.75) is 13.8 Å². The van der Waals surface area contributed by atoms with Crippen LogP contribution in [0, 0.1) is 6.92 Å². The van der Waals surface area contributed by atoms with Crippen molar-refractivity contribution < 1.29 is 14.3 Å². The molecule has 3 rings (SSSR count). The molecule has 6 nitrogen and oxygen atoms in total. The van der Waals surface area contributed by atoms with Crippen molar-refractivity contribution >= 4 is 23.2 Å². The van der Waals surface area contributed by atoms with Crippen molar-refractivity contribution in [3.63, 3.8) is 0 Å². The number of carbonyl (C=O) groups excluding carboxylic acids is 2. The molecule has 0 aliphatic carbocycles. The van der Waals surface area contributed by atoms with Gasteiger partial charge in [-0.25, -0.2) is 0 Å². The normalized spacial score (nSPS) is 12.6. The van der Waals surface area contributed by atoms with E-state index in [2.05, 4.69) is 47.6 Å². The molecular formula is C20H23N3O3. The number of amides is 2. The molecule has 26 heavy (non-hydrogen) atoms. The molecule has 0 atom stereocenters. The van der Waals surface area contributed by atoms with Gasteiger partial charge in [-0.2, -0.15) is 0 Å². The molecule has 1 aliphatic heterocycles. The summed E-state index contributed by atoms with van der Waals surface area (Å²) in [4.78, 5) is 26.0. The van der Waals surface area contributed by atoms with Crippen LogP contribution in [-0.2, 0) is 4.79 Å². The Bertz CT molecular complexity index is 820. The van der Waals surface area contributed by atoms with Crippen molar-refractivity contribution in [3.8, 4) is 5.75 Å². The molecule has 6 heteroatoms. The highest BCUT2D eigenvalue weighted by atomic mass is 16.5. The van der Waals surface area contributed by atoms with Crippen LogP contribution in [0.1, 0.15) is 22.8 Å². The molecule has 1 heterocycles. The summed E-state index contributed by atoms with van der Waals surface area (Å²) in [6.07, 6.45) is 0. The third kappa shape index (κ3) is 4.14. The highest BCUT2D eigenvalue weighted by molar-refractivity contribution is 5.99. The van der Waals surface area contributed by atoms with Crippen LogP contribution in [0.4, 0.5) is 11.4 Å². The number of rotatable bonds is 6. The van der Waals surface area contributed by atoms with Crippen LogP contribution in [0.15, 0.2) is 42.5 Å². The van der Waals surface area contributed by atoms with E-state index >= 15 is 0 Å². The average Bonchev–Trinajstić information content (AvgIpc) is 2.64. The smallest absolute Gasteiger partial charge is 0.262 e. The summed E-state index contributed by atoms with van der Waals surface area (Å²) in [5.74, 6) is 0.192. The fourth-order valence-electron chi connectivity index (χ4n) is 2.93. The van der Waals surface area contributed by atoms with E-state index < -0.39 is 0 Å². The molecule has 2 aromatic rings. The molecule has 0 bridgehead atoms. The zero-order valence-corrected chi connectivity index (χ0v) is 15.0. The van der Waals surface area contributed by atoms with E-state index in [0.29, 0.717) is 23.5 Å². The number of carbonyl (C=O) groups is 2. The standard InChI is InChI=1S/C20H23N3O3/c1-3-23(16-6-4-5-14(2)11-16)10-9-21-20(25)15-7-8-18-17(12-15)22-19(24)13-26-18/h4-8,11-12H,3,9-10,13H2,1-2H3,(H,21,25)(H,22,24). The second-order valence-corrected chi connectivity index (χ2v) is 6.22. The highest BCUT2D eigenvalue weighted by Gasteiger charge is 2.17. The molecule has 136 valence electrons. The maximum Gasteiger partial charge on any atom is 0.262 e. The van der Waals surface area contributed by atoms with E-state index in [0.717, 1.165) is 18.8 Å². The summed E-state index contributed by atoms with van der Waals surface area (Å²) in [6.45, 7) is 6.27. The SMILES string of the molecule is CCN(CCNC(=O)c1ccc2c(c1)NC(=O)CO2)c1cccc(C)c1. The number of nitrogens with zero attached hydrogens (tertiary/aromatic N) is 1. The lowest BCUT2D eigenvalue weighted by Crippen LogP contribution is -2.35. The Morgan fingerprint density at radius 1 is 1.27 bits per heavy atom. The van der Waals surface area contributed by atoms with Crippen molar-refractivity contribution in [2.24, 2.45) is 0 Å². The zero-order chi connectivity index (χ0) is 18.5. The van der Waals surface area contributed by atoms with E-state index in [1.54, 1.807) is 18.2 Å². The Morgan fingerprint density at radius 3 is 2.88 bits per heavy atom. The van der Waals surface area contributed by atoms with Crippen LogP contribution in [0.5, 0.6) is 5.75 Å². The third-order valence-corrected chi connectivity index (χ3v) is 4.29. The van der Waals surface area contributed by atoms with Gasteiger partial charge in [0.05, 0.1) is 5.69 Å². The Labute approximate surface area is 153 Å². The summed E-state index contributed by atoms with van der Waals surface area (Å²) in [5, 5.41) is 5.65. The van der Waals surface area contributed by atoms with E-state index in [9.17, 15) is 9.59 Å². The largest absolute Gasteiger partial charge is 0.482 e. The molecule has 0 aromatic heterocycles. The number of hydrogen-bond acceptors (Lipinski definition) is 4. The fraction of sp³-hybridized carbons (Fsp3) is 0.300. The van der Waals surface area contributed by atoms with Crippen LogP contribution in [-0.4, -0.2) is 38.1 Å². The lowest BCUT2D eigenvalue weighted by molar-refractivity contribution is -0.118. The minimum Gasteiger partial charge on any atom is -0.482 e. The topological polar surface area (TPSA) is 70.7 Å². The number of aryl methyl sites for hydroxylation is 1. The highest BCUT2D eigenvalue weighted by Crippen LogP contribution is 2.28. The summed E-state index contributed by atoms with van der Waals surface area (Å²) in [6, 6.07) is 13.4. The van der Waals surface area contributed by atoms with Gasteiger partial charge in [0.1, 0.15) is 5.75 Å². The van der Waals surface area contributed by atoms with Gasteiger partial charge in [0.2, 0.25) is 0 Å². The lowest BCUT2D eigenvalue weighted by Gasteiger charge is -2.23. The summed E-state index contributed by atoms with van der Waals surface area (Å²) >= 11 is 0. The number of ether oxygens (including phenoxy) is 1. The van der Waals surface area contributed by atoms with Crippen molar-refractivity contribution in [1.29, 1.82) is 0 Å². The van der Waals surface area contributed by atoms with Crippen LogP contribution >= 0.6 is 0 Å². The quantitative estimate of drug-likeness (QED) is 0.837. The van der Waals surface area contributed by atoms with Gasteiger partial charge in [0.25, 0.3) is 11.8 Å². The number of nitrogens with one attached hydrogen (secondary N) is 2. The molecule has 0 radical (unpaired) electrons. The van der Waals surface area contributed by atoms with Gasteiger partial charge in [0.15, 0.2) is 6.61 Å². The molecule has 0 unspecified atom stereocenters. The molecule has 0 saturated carbocycles. The fourth-order valence-corrected chi connectivity index (χ4v) is 2.93. The van der Waals surface area contributed by atoms with Crippen LogP contribution in [0.25, 0.3) is 0 Å². The molecule has 0 spiro atoms. The summed E-state index contributed by atoms with van der Waals surface area (Å²) < 4.78 is 5.31. The monoisotopic (exact) mass is 353 g/mol. The van der Waals surface area contributed by atoms with Gasteiger partial charge in [-0.05, 0) is 49.7 Å². The Hall–Kier alpha value is -3.02. The van der Waals surface area contributed by atoms with E-state index in [1.165, 1.54) is 5.56 Å². The Kier molecular flexibility index (Phi) is 5.41. The summed E-state index contributed by atoms with van der Waals surface area (Å²) in [5.41, 5.74) is 3.38. The van der Waals surface area contributed by atoms with Crippen molar-refractivity contribution in [3.05, 3.63) is 53.6 Å². The molecular weight excluding hydrogens is 330 g/mol. The summed E-state index contributed by atoms with van der Waals surface area (Å²) in [7, 11) is 0. The van der Waals surface area contributed by atoms with Gasteiger partial charge in [-0.15, -0.1) is 0 Å². The minimum atomic E-state index is -0.216. The van der Waals surface area contributed by atoms with Gasteiger partial charge in [-0.3, -0.25) is 9.59 Å². The first-order chi connectivity index (χ1) is 12.6. The van der Waals surface area contributed by atoms with Crippen LogP contribution in [0.2, 0.25) is 0 Å². The number of fused-ring (bicyclic) bond motifs is 1. The van der Waals surface area contributed by atoms with Crippen LogP contribution in [0.3, 0.4) is 0 Å². The second-order valence-electron chi connectivity index (χ2n) is 6.22. The maximum absolute atomic E-state index is 12.4. The number of benzene rings is 2. The first-order valence-corrected chi connectivity index (χ1v) is 8.73. The second kappa shape index (κ2) is 7.91. The third-order valence-electron chi connectivity index (χ3n) is 4.29. The van der Waals surface area contributed by atoms with E-state index in [1.807, 2.05) is 6.07 Å². The molecule has 1 aliphatic rings. The first-order valence-electron chi connectivity index (χ1n) is 8.73. The molecule has 0 saturated heterocycles. The van der Waals surface area contributed by atoms with Crippen LogP contribution < -0.4 is 20.3 Å². The van der Waals surface area contributed by atoms with Gasteiger partial charge in [0, 0.05) is 30.9 Å². The maximum atomic E-state index is 12.4. The van der Waals surface area contributed by atoms with Gasteiger partial charge < -0.3 is 20.3 Å². The molecule has 2 aromatic carbocycles. The molecule has 2 N–H and O–H groups in total. The average molecular weight is 353 g/mol. The van der Waals surface area contributed by atoms with Crippen molar-refractivity contribution in [1.82, 2.24) is 5.32 Å². The predicted octanol–water partition coefficient (Wildman–Crippen LogP) is 2.58. The van der Waals surface area contributed by atoms with Gasteiger partial charge in [-0.1, -0.05) is 12.1 Å². The zero-order valence-electron chi connectivity index (χ0n) is 15.0. The first kappa shape index (κ1) is 17.8. The van der Waals surface area contributed by atoms with E-state index in [-0.39, 0.29) is 18.4 Å². The Balaban J connectivity index is 1.58. The number of likely N-dealkylation sites (N-methyl/N-ethyl adjacent to an activating group) is 1. The number of anilines is 2. The molecule has 0 fully saturated rings. The minimum absolute atomic E-state index is 0.00432. The van der Waals surface area contributed by atoms with Gasteiger partial charge >= 0.3 is 0 Å². The number of hydrogen-bond donors (Lipinski definition) is 2.